The Bertz CT molecular complexity index is 276. The van der Waals surface area contributed by atoms with Crippen molar-refractivity contribution >= 4 is 5.91 Å². The lowest BCUT2D eigenvalue weighted by Gasteiger charge is -2.32. The highest BCUT2D eigenvalue weighted by molar-refractivity contribution is 5.80. The summed E-state index contributed by atoms with van der Waals surface area (Å²) in [5, 5.41) is 3.20. The van der Waals surface area contributed by atoms with Crippen LogP contribution in [0.1, 0.15) is 71.6 Å². The summed E-state index contributed by atoms with van der Waals surface area (Å²) < 4.78 is 0. The molecule has 17 heavy (non-hydrogen) atoms. The molecule has 98 valence electrons. The fraction of sp³-hybridized carbons (Fsp3) is 0.933. The number of nitrogens with one attached hydrogen (secondary N) is 1. The maximum atomic E-state index is 11.7. The standard InChI is InChI=1S/C15H27NO/c1-3-6-12-7-5-9-15(10-8-12)11-14(17)16-13(15)4-2/h12-13H,3-11H2,1-2H3,(H,16,17). The van der Waals surface area contributed by atoms with E-state index in [-0.39, 0.29) is 0 Å². The number of hydrogen-bond donors (Lipinski definition) is 1. The van der Waals surface area contributed by atoms with Gasteiger partial charge in [0.25, 0.3) is 0 Å². The molecule has 0 aromatic heterocycles. The van der Waals surface area contributed by atoms with Crippen molar-refractivity contribution in [3.8, 4) is 0 Å². The Morgan fingerprint density at radius 2 is 2.12 bits per heavy atom. The molecule has 3 atom stereocenters. The summed E-state index contributed by atoms with van der Waals surface area (Å²) >= 11 is 0. The molecule has 2 heteroatoms. The molecule has 0 radical (unpaired) electrons. The maximum absolute atomic E-state index is 11.7. The number of rotatable bonds is 3. The van der Waals surface area contributed by atoms with E-state index in [9.17, 15) is 4.79 Å². The summed E-state index contributed by atoms with van der Waals surface area (Å²) in [6.45, 7) is 4.50. The minimum absolute atomic E-state index is 0.297. The van der Waals surface area contributed by atoms with Gasteiger partial charge in [-0.1, -0.05) is 39.5 Å². The van der Waals surface area contributed by atoms with Gasteiger partial charge in [-0.15, -0.1) is 0 Å². The predicted molar refractivity (Wildman–Crippen MR) is 70.8 cm³/mol. The molecule has 0 bridgehead atoms. The van der Waals surface area contributed by atoms with E-state index in [4.69, 9.17) is 0 Å². The summed E-state index contributed by atoms with van der Waals surface area (Å²) in [6, 6.07) is 0.454. The van der Waals surface area contributed by atoms with E-state index >= 15 is 0 Å². The van der Waals surface area contributed by atoms with Crippen LogP contribution in [0.15, 0.2) is 0 Å². The quantitative estimate of drug-likeness (QED) is 0.797. The Hall–Kier alpha value is -0.530. The van der Waals surface area contributed by atoms with Gasteiger partial charge in [0.2, 0.25) is 5.91 Å². The number of amides is 1. The number of hydrogen-bond acceptors (Lipinski definition) is 1. The van der Waals surface area contributed by atoms with Crippen molar-refractivity contribution in [2.24, 2.45) is 11.3 Å². The number of carbonyl (C=O) groups excluding carboxylic acids is 1. The van der Waals surface area contributed by atoms with Gasteiger partial charge < -0.3 is 5.32 Å². The normalized spacial score (nSPS) is 38.1. The molecule has 1 aliphatic heterocycles. The highest BCUT2D eigenvalue weighted by Gasteiger charge is 2.46. The first-order chi connectivity index (χ1) is 8.20. The third-order valence-corrected chi connectivity index (χ3v) is 5.03. The minimum atomic E-state index is 0.297. The van der Waals surface area contributed by atoms with Crippen LogP contribution in [-0.4, -0.2) is 11.9 Å². The van der Waals surface area contributed by atoms with E-state index in [0.29, 0.717) is 17.4 Å². The van der Waals surface area contributed by atoms with Crippen molar-refractivity contribution in [2.45, 2.75) is 77.7 Å². The topological polar surface area (TPSA) is 29.1 Å². The smallest absolute Gasteiger partial charge is 0.220 e. The van der Waals surface area contributed by atoms with Crippen molar-refractivity contribution in [1.82, 2.24) is 5.32 Å². The van der Waals surface area contributed by atoms with Crippen LogP contribution < -0.4 is 5.32 Å². The van der Waals surface area contributed by atoms with Crippen LogP contribution in [0.2, 0.25) is 0 Å². The van der Waals surface area contributed by atoms with Crippen molar-refractivity contribution < 1.29 is 4.79 Å². The molecule has 1 spiro atoms. The zero-order valence-corrected chi connectivity index (χ0v) is 11.4. The van der Waals surface area contributed by atoms with Crippen molar-refractivity contribution in [1.29, 1.82) is 0 Å². The van der Waals surface area contributed by atoms with Crippen LogP contribution in [0.3, 0.4) is 0 Å². The minimum Gasteiger partial charge on any atom is -0.353 e. The average molecular weight is 237 g/mol. The van der Waals surface area contributed by atoms with Crippen molar-refractivity contribution in [3.05, 3.63) is 0 Å². The van der Waals surface area contributed by atoms with E-state index in [1.807, 2.05) is 0 Å². The van der Waals surface area contributed by atoms with Crippen LogP contribution in [0.25, 0.3) is 0 Å². The highest BCUT2D eigenvalue weighted by Crippen LogP contribution is 2.46. The van der Waals surface area contributed by atoms with E-state index in [0.717, 1.165) is 18.8 Å². The van der Waals surface area contributed by atoms with Gasteiger partial charge in [0.15, 0.2) is 0 Å². The third-order valence-electron chi connectivity index (χ3n) is 5.03. The summed E-state index contributed by atoms with van der Waals surface area (Å²) in [4.78, 5) is 11.7. The Balaban J connectivity index is 2.03. The Morgan fingerprint density at radius 3 is 2.82 bits per heavy atom. The molecule has 1 aliphatic carbocycles. The lowest BCUT2D eigenvalue weighted by Crippen LogP contribution is -2.36. The molecule has 1 amide bonds. The number of carbonyl (C=O) groups is 1. The molecule has 2 aliphatic rings. The summed E-state index contributed by atoms with van der Waals surface area (Å²) in [7, 11) is 0. The van der Waals surface area contributed by atoms with Gasteiger partial charge in [-0.3, -0.25) is 4.79 Å². The fourth-order valence-corrected chi connectivity index (χ4v) is 4.10. The lowest BCUT2D eigenvalue weighted by molar-refractivity contribution is -0.119. The molecule has 1 N–H and O–H groups in total. The molecular weight excluding hydrogens is 210 g/mol. The predicted octanol–water partition coefficient (Wildman–Crippen LogP) is 3.65. The van der Waals surface area contributed by atoms with Crippen LogP contribution in [-0.2, 0) is 4.79 Å². The molecule has 2 fully saturated rings. The van der Waals surface area contributed by atoms with Crippen LogP contribution in [0.4, 0.5) is 0 Å². The van der Waals surface area contributed by atoms with Gasteiger partial charge in [0.05, 0.1) is 0 Å². The van der Waals surface area contributed by atoms with Crippen molar-refractivity contribution in [3.63, 3.8) is 0 Å². The Morgan fingerprint density at radius 1 is 1.29 bits per heavy atom. The van der Waals surface area contributed by atoms with E-state index < -0.39 is 0 Å². The Kier molecular flexibility index (Phi) is 4.11. The van der Waals surface area contributed by atoms with Crippen LogP contribution >= 0.6 is 0 Å². The highest BCUT2D eigenvalue weighted by atomic mass is 16.2. The summed E-state index contributed by atoms with van der Waals surface area (Å²) in [5.41, 5.74) is 0.314. The van der Waals surface area contributed by atoms with E-state index in [1.165, 1.54) is 44.9 Å². The first-order valence-corrected chi connectivity index (χ1v) is 7.49. The second-order valence-electron chi connectivity index (χ2n) is 6.15. The monoisotopic (exact) mass is 237 g/mol. The van der Waals surface area contributed by atoms with E-state index in [1.54, 1.807) is 0 Å². The van der Waals surface area contributed by atoms with Gasteiger partial charge in [0, 0.05) is 12.5 Å². The molecule has 1 saturated heterocycles. The average Bonchev–Trinajstić information content (AvgIpc) is 2.48. The SMILES string of the molecule is CCCC1CCCC2(CC1)CC(=O)NC2CC. The lowest BCUT2D eigenvalue weighted by atomic mass is 9.73. The summed E-state index contributed by atoms with van der Waals surface area (Å²) in [6.07, 6.45) is 11.2. The largest absolute Gasteiger partial charge is 0.353 e. The van der Waals surface area contributed by atoms with Crippen LogP contribution in [0, 0.1) is 11.3 Å². The van der Waals surface area contributed by atoms with Gasteiger partial charge in [-0.25, -0.2) is 0 Å². The zero-order valence-electron chi connectivity index (χ0n) is 11.4. The first-order valence-electron chi connectivity index (χ1n) is 7.49. The van der Waals surface area contributed by atoms with Gasteiger partial charge in [-0.05, 0) is 37.0 Å². The molecule has 0 aromatic carbocycles. The molecule has 1 heterocycles. The van der Waals surface area contributed by atoms with Crippen LogP contribution in [0.5, 0.6) is 0 Å². The first kappa shape index (κ1) is 12.9. The summed E-state index contributed by atoms with van der Waals surface area (Å²) in [5.74, 6) is 1.22. The molecule has 1 saturated carbocycles. The van der Waals surface area contributed by atoms with Gasteiger partial charge in [0.1, 0.15) is 0 Å². The van der Waals surface area contributed by atoms with Gasteiger partial charge >= 0.3 is 0 Å². The zero-order chi connectivity index (χ0) is 12.3. The molecule has 3 unspecified atom stereocenters. The maximum Gasteiger partial charge on any atom is 0.220 e. The molecular formula is C15H27NO. The molecule has 2 rings (SSSR count). The molecule has 2 nitrogen and oxygen atoms in total. The Labute approximate surface area is 106 Å². The fourth-order valence-electron chi connectivity index (χ4n) is 4.10. The second-order valence-corrected chi connectivity index (χ2v) is 6.15. The molecule has 0 aromatic rings. The van der Waals surface area contributed by atoms with Gasteiger partial charge in [-0.2, -0.15) is 0 Å². The third kappa shape index (κ3) is 2.66. The van der Waals surface area contributed by atoms with Crippen molar-refractivity contribution in [2.75, 3.05) is 0 Å². The van der Waals surface area contributed by atoms with E-state index in [2.05, 4.69) is 19.2 Å². The second kappa shape index (κ2) is 5.41.